The van der Waals surface area contributed by atoms with Crippen LogP contribution >= 0.6 is 11.8 Å². The molecule has 1 unspecified atom stereocenters. The van der Waals surface area contributed by atoms with Gasteiger partial charge in [-0.2, -0.15) is 11.8 Å². The van der Waals surface area contributed by atoms with E-state index in [1.54, 1.807) is 6.07 Å². The van der Waals surface area contributed by atoms with E-state index in [0.717, 1.165) is 24.9 Å². The zero-order chi connectivity index (χ0) is 13.3. The molecule has 0 heterocycles. The van der Waals surface area contributed by atoms with Gasteiger partial charge in [-0.3, -0.25) is 0 Å². The second-order valence-corrected chi connectivity index (χ2v) is 7.15. The smallest absolute Gasteiger partial charge is 0.126 e. The number of benzene rings is 1. The van der Waals surface area contributed by atoms with Crippen molar-refractivity contribution in [1.29, 1.82) is 0 Å². The summed E-state index contributed by atoms with van der Waals surface area (Å²) in [6.07, 6.45) is 9.52. The molecule has 3 heteroatoms. The van der Waals surface area contributed by atoms with Crippen molar-refractivity contribution in [3.63, 3.8) is 0 Å². The molecule has 2 aliphatic rings. The van der Waals surface area contributed by atoms with E-state index in [1.807, 2.05) is 17.8 Å². The molecule has 0 spiro atoms. The van der Waals surface area contributed by atoms with Gasteiger partial charge in [0.05, 0.1) is 0 Å². The van der Waals surface area contributed by atoms with Gasteiger partial charge in [0.1, 0.15) is 5.82 Å². The number of rotatable bonds is 4. The topological polar surface area (TPSA) is 12.0 Å². The summed E-state index contributed by atoms with van der Waals surface area (Å²) < 4.78 is 14.1. The predicted molar refractivity (Wildman–Crippen MR) is 80.2 cm³/mol. The van der Waals surface area contributed by atoms with Gasteiger partial charge in [-0.15, -0.1) is 0 Å². The molecule has 0 bridgehead atoms. The van der Waals surface area contributed by atoms with Crippen molar-refractivity contribution in [2.45, 2.75) is 49.3 Å². The van der Waals surface area contributed by atoms with Crippen molar-refractivity contribution in [2.75, 3.05) is 12.8 Å². The van der Waals surface area contributed by atoms with Crippen molar-refractivity contribution < 1.29 is 4.39 Å². The highest BCUT2D eigenvalue weighted by atomic mass is 32.2. The van der Waals surface area contributed by atoms with Crippen molar-refractivity contribution in [3.8, 4) is 0 Å². The standard InChI is InChI=1S/C16H22FNS/c1-19-16(9-2-3-10-16)11-18-15-8-7-12-13(15)5-4-6-14(12)17/h4-6,15,18H,2-3,7-11H2,1H3. The lowest BCUT2D eigenvalue weighted by molar-refractivity contribution is 0.465. The first-order valence-electron chi connectivity index (χ1n) is 7.30. The van der Waals surface area contributed by atoms with Crippen molar-refractivity contribution in [1.82, 2.24) is 5.32 Å². The fourth-order valence-electron chi connectivity index (χ4n) is 3.60. The van der Waals surface area contributed by atoms with Crippen LogP contribution in [0, 0.1) is 5.82 Å². The molecule has 0 radical (unpaired) electrons. The lowest BCUT2D eigenvalue weighted by Crippen LogP contribution is -2.36. The summed E-state index contributed by atoms with van der Waals surface area (Å²) in [4.78, 5) is 0. The Balaban J connectivity index is 1.68. The van der Waals surface area contributed by atoms with Gasteiger partial charge in [0.25, 0.3) is 0 Å². The fourth-order valence-corrected chi connectivity index (χ4v) is 4.53. The van der Waals surface area contributed by atoms with E-state index in [0.29, 0.717) is 10.8 Å². The van der Waals surface area contributed by atoms with Gasteiger partial charge in [-0.1, -0.05) is 25.0 Å². The van der Waals surface area contributed by atoms with Crippen LogP contribution in [-0.2, 0) is 6.42 Å². The van der Waals surface area contributed by atoms with Crippen LogP contribution in [0.25, 0.3) is 0 Å². The molecule has 1 nitrogen and oxygen atoms in total. The van der Waals surface area contributed by atoms with Gasteiger partial charge in [-0.05, 0) is 49.1 Å². The first kappa shape index (κ1) is 13.4. The molecule has 1 fully saturated rings. The largest absolute Gasteiger partial charge is 0.309 e. The number of fused-ring (bicyclic) bond motifs is 1. The third-order valence-corrected chi connectivity index (χ3v) is 6.25. The Bertz CT molecular complexity index is 454. The lowest BCUT2D eigenvalue weighted by Gasteiger charge is -2.29. The van der Waals surface area contributed by atoms with Gasteiger partial charge in [0, 0.05) is 17.3 Å². The Hall–Kier alpha value is -0.540. The Kier molecular flexibility index (Phi) is 3.86. The molecule has 1 atom stereocenters. The molecule has 2 aliphatic carbocycles. The van der Waals surface area contributed by atoms with Crippen LogP contribution in [0.15, 0.2) is 18.2 Å². The maximum absolute atomic E-state index is 13.7. The second kappa shape index (κ2) is 5.45. The number of thioether (sulfide) groups is 1. The van der Waals surface area contributed by atoms with Crippen LogP contribution in [0.3, 0.4) is 0 Å². The van der Waals surface area contributed by atoms with Gasteiger partial charge >= 0.3 is 0 Å². The summed E-state index contributed by atoms with van der Waals surface area (Å²) in [6, 6.07) is 5.87. The zero-order valence-electron chi connectivity index (χ0n) is 11.5. The highest BCUT2D eigenvalue weighted by Gasteiger charge is 2.34. The van der Waals surface area contributed by atoms with E-state index in [-0.39, 0.29) is 5.82 Å². The van der Waals surface area contributed by atoms with Crippen LogP contribution in [0.5, 0.6) is 0 Å². The molecule has 1 aromatic rings. The highest BCUT2D eigenvalue weighted by molar-refractivity contribution is 8.00. The Labute approximate surface area is 119 Å². The fraction of sp³-hybridized carbons (Fsp3) is 0.625. The number of hydrogen-bond acceptors (Lipinski definition) is 2. The molecular weight excluding hydrogens is 257 g/mol. The number of halogens is 1. The summed E-state index contributed by atoms with van der Waals surface area (Å²) in [7, 11) is 0. The van der Waals surface area contributed by atoms with E-state index < -0.39 is 0 Å². The second-order valence-electron chi connectivity index (χ2n) is 5.87. The summed E-state index contributed by atoms with van der Waals surface area (Å²) in [5.41, 5.74) is 2.12. The van der Waals surface area contributed by atoms with Crippen LogP contribution in [0.4, 0.5) is 4.39 Å². The van der Waals surface area contributed by atoms with Crippen molar-refractivity contribution >= 4 is 11.8 Å². The maximum Gasteiger partial charge on any atom is 0.126 e. The normalized spacial score (nSPS) is 24.6. The molecular formula is C16H22FNS. The average molecular weight is 279 g/mol. The highest BCUT2D eigenvalue weighted by Crippen LogP contribution is 2.41. The van der Waals surface area contributed by atoms with Crippen LogP contribution in [0.2, 0.25) is 0 Å². The molecule has 3 rings (SSSR count). The summed E-state index contributed by atoms with van der Waals surface area (Å²) in [6.45, 7) is 1.06. The van der Waals surface area contributed by atoms with E-state index in [1.165, 1.54) is 31.2 Å². The predicted octanol–water partition coefficient (Wildman–Crippen LogP) is 4.08. The molecule has 19 heavy (non-hydrogen) atoms. The molecule has 1 saturated carbocycles. The molecule has 0 aromatic heterocycles. The number of nitrogens with one attached hydrogen (secondary N) is 1. The van der Waals surface area contributed by atoms with Crippen molar-refractivity contribution in [2.24, 2.45) is 0 Å². The summed E-state index contributed by atoms with van der Waals surface area (Å²) in [5.74, 6) is -0.0257. The SMILES string of the molecule is CSC1(CNC2CCc3c(F)cccc32)CCCC1. The van der Waals surface area contributed by atoms with Gasteiger partial charge in [-0.25, -0.2) is 4.39 Å². The lowest BCUT2D eigenvalue weighted by atomic mass is 10.0. The monoisotopic (exact) mass is 279 g/mol. The number of hydrogen-bond donors (Lipinski definition) is 1. The van der Waals surface area contributed by atoms with E-state index in [4.69, 9.17) is 0 Å². The molecule has 1 aromatic carbocycles. The quantitative estimate of drug-likeness (QED) is 0.891. The van der Waals surface area contributed by atoms with Crippen LogP contribution in [0.1, 0.15) is 49.3 Å². The van der Waals surface area contributed by atoms with Crippen LogP contribution < -0.4 is 5.32 Å². The first-order chi connectivity index (χ1) is 9.24. The summed E-state index contributed by atoms with van der Waals surface area (Å²) >= 11 is 2.01. The van der Waals surface area contributed by atoms with E-state index >= 15 is 0 Å². The zero-order valence-corrected chi connectivity index (χ0v) is 12.4. The maximum atomic E-state index is 13.7. The van der Waals surface area contributed by atoms with E-state index in [2.05, 4.69) is 17.6 Å². The van der Waals surface area contributed by atoms with E-state index in [9.17, 15) is 4.39 Å². The Morgan fingerprint density at radius 3 is 2.89 bits per heavy atom. The molecule has 104 valence electrons. The van der Waals surface area contributed by atoms with Gasteiger partial charge < -0.3 is 5.32 Å². The minimum atomic E-state index is -0.0257. The van der Waals surface area contributed by atoms with Crippen LogP contribution in [-0.4, -0.2) is 17.5 Å². The Morgan fingerprint density at radius 1 is 1.37 bits per heavy atom. The third-order valence-electron chi connectivity index (χ3n) is 4.83. The minimum Gasteiger partial charge on any atom is -0.309 e. The van der Waals surface area contributed by atoms with Gasteiger partial charge in [0.2, 0.25) is 0 Å². The van der Waals surface area contributed by atoms with Crippen molar-refractivity contribution in [3.05, 3.63) is 35.1 Å². The first-order valence-corrected chi connectivity index (χ1v) is 8.52. The Morgan fingerprint density at radius 2 is 2.16 bits per heavy atom. The minimum absolute atomic E-state index is 0.0257. The molecule has 0 saturated heterocycles. The third kappa shape index (κ3) is 2.55. The summed E-state index contributed by atoms with van der Waals surface area (Å²) in [5, 5.41) is 3.71. The van der Waals surface area contributed by atoms with Gasteiger partial charge in [0.15, 0.2) is 0 Å². The average Bonchev–Trinajstić information content (AvgIpc) is 3.04. The molecule has 1 N–H and O–H groups in total. The molecule has 0 aliphatic heterocycles. The molecule has 0 amide bonds.